The molecule has 2 atom stereocenters. The lowest BCUT2D eigenvalue weighted by Gasteiger charge is -2.40. The Hall–Kier alpha value is -3.56. The molecule has 1 saturated heterocycles. The summed E-state index contributed by atoms with van der Waals surface area (Å²) in [5.41, 5.74) is 6.99. The van der Waals surface area contributed by atoms with Crippen molar-refractivity contribution in [2.24, 2.45) is 0 Å². The zero-order valence-electron chi connectivity index (χ0n) is 23.9. The molecular weight excluding hydrogens is 498 g/mol. The molecule has 1 aliphatic heterocycles. The summed E-state index contributed by atoms with van der Waals surface area (Å²) in [6.45, 7) is 10.9. The number of nitrogens with zero attached hydrogens (tertiary/aromatic N) is 2. The van der Waals surface area contributed by atoms with Crippen molar-refractivity contribution in [3.05, 3.63) is 59.3 Å². The zero-order valence-corrected chi connectivity index (χ0v) is 23.9. The van der Waals surface area contributed by atoms with Crippen LogP contribution in [0.2, 0.25) is 0 Å². The number of hydrogen-bond acceptors (Lipinski definition) is 8. The number of aromatic nitrogens is 1. The number of fused-ring (bicyclic) bond motifs is 1. The van der Waals surface area contributed by atoms with Crippen LogP contribution in [0.25, 0.3) is 10.9 Å². The van der Waals surface area contributed by atoms with Crippen LogP contribution in [0.15, 0.2) is 42.6 Å². The molecule has 39 heavy (non-hydrogen) atoms. The van der Waals surface area contributed by atoms with Crippen LogP contribution in [0.5, 0.6) is 5.75 Å². The van der Waals surface area contributed by atoms with Gasteiger partial charge >= 0.3 is 12.1 Å². The van der Waals surface area contributed by atoms with Crippen molar-refractivity contribution in [2.75, 3.05) is 32.8 Å². The molecule has 9 nitrogen and oxygen atoms in total. The molecule has 0 saturated carbocycles. The van der Waals surface area contributed by atoms with Gasteiger partial charge in [0.25, 0.3) is 0 Å². The highest BCUT2D eigenvalue weighted by molar-refractivity contribution is 6.01. The van der Waals surface area contributed by atoms with Gasteiger partial charge in [0.2, 0.25) is 0 Å². The summed E-state index contributed by atoms with van der Waals surface area (Å²) in [7, 11) is 3.02. The number of aryl methyl sites for hydroxylation is 1. The lowest BCUT2D eigenvalue weighted by molar-refractivity contribution is -0.00365. The van der Waals surface area contributed by atoms with E-state index in [0.29, 0.717) is 17.9 Å². The number of piperidine rings is 1. The van der Waals surface area contributed by atoms with Gasteiger partial charge in [0.15, 0.2) is 0 Å². The van der Waals surface area contributed by atoms with Crippen LogP contribution >= 0.6 is 0 Å². The number of nitrogens with one attached hydrogen (secondary N) is 1. The van der Waals surface area contributed by atoms with Gasteiger partial charge in [0, 0.05) is 24.7 Å². The average Bonchev–Trinajstić information content (AvgIpc) is 3.36. The van der Waals surface area contributed by atoms with Gasteiger partial charge in [-0.25, -0.2) is 14.6 Å². The molecule has 2 heterocycles. The monoisotopic (exact) mass is 537 g/mol. The molecule has 1 aromatic heterocycles. The van der Waals surface area contributed by atoms with Gasteiger partial charge in [-0.1, -0.05) is 12.1 Å². The molecule has 0 unspecified atom stereocenters. The highest BCUT2D eigenvalue weighted by Crippen LogP contribution is 2.40. The second kappa shape index (κ2) is 11.7. The van der Waals surface area contributed by atoms with E-state index in [1.807, 2.05) is 58.9 Å². The van der Waals surface area contributed by atoms with Gasteiger partial charge in [0.1, 0.15) is 17.0 Å². The smallest absolute Gasteiger partial charge is 0.419 e. The number of carbonyl (C=O) groups is 2. The maximum atomic E-state index is 13.0. The summed E-state index contributed by atoms with van der Waals surface area (Å²) >= 11 is 0. The maximum Gasteiger partial charge on any atom is 0.419 e. The third-order valence-electron chi connectivity index (χ3n) is 6.86. The van der Waals surface area contributed by atoms with E-state index in [0.717, 1.165) is 47.1 Å². The number of methoxy groups -OCH3 is 2. The molecule has 1 aliphatic rings. The fraction of sp³-hybridized carbons (Fsp3) is 0.467. The van der Waals surface area contributed by atoms with E-state index in [4.69, 9.17) is 18.9 Å². The minimum absolute atomic E-state index is 0.0315. The fourth-order valence-electron chi connectivity index (χ4n) is 5.12. The van der Waals surface area contributed by atoms with Crippen LogP contribution in [0.1, 0.15) is 68.1 Å². The average molecular weight is 538 g/mol. The Morgan fingerprint density at radius 1 is 1.10 bits per heavy atom. The third-order valence-corrected chi connectivity index (χ3v) is 6.86. The Morgan fingerprint density at radius 2 is 1.82 bits per heavy atom. The van der Waals surface area contributed by atoms with E-state index in [-0.39, 0.29) is 18.1 Å². The molecule has 0 radical (unpaired) electrons. The molecule has 0 amide bonds. The minimum Gasteiger partial charge on any atom is -0.495 e. The maximum absolute atomic E-state index is 13.0. The molecule has 2 aromatic carbocycles. The predicted octanol–water partition coefficient (Wildman–Crippen LogP) is 6.10. The Balaban J connectivity index is 1.72. The van der Waals surface area contributed by atoms with E-state index >= 15 is 0 Å². The van der Waals surface area contributed by atoms with Crippen molar-refractivity contribution in [3.8, 4) is 5.75 Å². The number of ether oxygens (including phenoxy) is 4. The van der Waals surface area contributed by atoms with E-state index in [1.165, 1.54) is 7.11 Å². The summed E-state index contributed by atoms with van der Waals surface area (Å²) in [4.78, 5) is 25.0. The number of carbonyl (C=O) groups excluding carboxylic acids is 2. The van der Waals surface area contributed by atoms with E-state index in [9.17, 15) is 9.59 Å². The molecule has 1 N–H and O–H groups in total. The van der Waals surface area contributed by atoms with Crippen LogP contribution in [0.3, 0.4) is 0 Å². The first-order valence-corrected chi connectivity index (χ1v) is 13.3. The molecule has 1 fully saturated rings. The zero-order chi connectivity index (χ0) is 28.3. The molecule has 0 spiro atoms. The second-order valence-electron chi connectivity index (χ2n) is 10.7. The molecule has 0 aliphatic carbocycles. The topological polar surface area (TPSA) is 91.3 Å². The summed E-state index contributed by atoms with van der Waals surface area (Å²) in [6, 6.07) is 11.3. The molecule has 3 aromatic rings. The molecule has 210 valence electrons. The molecular formula is C30H39N3O6. The van der Waals surface area contributed by atoms with E-state index in [1.54, 1.807) is 30.0 Å². The van der Waals surface area contributed by atoms with Crippen molar-refractivity contribution in [1.82, 2.24) is 9.58 Å². The summed E-state index contributed by atoms with van der Waals surface area (Å²) in [5.74, 6) is 0.308. The largest absolute Gasteiger partial charge is 0.495 e. The van der Waals surface area contributed by atoms with Gasteiger partial charge in [-0.05, 0) is 82.9 Å². The Kier molecular flexibility index (Phi) is 8.51. The minimum atomic E-state index is -0.614. The summed E-state index contributed by atoms with van der Waals surface area (Å²) < 4.78 is 23.9. The second-order valence-corrected chi connectivity index (χ2v) is 10.7. The molecule has 9 heteroatoms. The predicted molar refractivity (Wildman–Crippen MR) is 150 cm³/mol. The van der Waals surface area contributed by atoms with Crippen LogP contribution in [-0.2, 0) is 14.2 Å². The summed E-state index contributed by atoms with van der Waals surface area (Å²) in [6.07, 6.45) is 3.05. The number of rotatable bonds is 7. The first kappa shape index (κ1) is 28.4. The Morgan fingerprint density at radius 3 is 2.44 bits per heavy atom. The number of benzene rings is 2. The number of hydrazine groups is 1. The Labute approximate surface area is 229 Å². The number of anilines is 1. The number of esters is 1. The first-order valence-electron chi connectivity index (χ1n) is 13.3. The van der Waals surface area contributed by atoms with Crippen LogP contribution < -0.4 is 10.2 Å². The normalized spacial score (nSPS) is 18.1. The highest BCUT2D eigenvalue weighted by Gasteiger charge is 2.32. The third kappa shape index (κ3) is 6.20. The lowest BCUT2D eigenvalue weighted by atomic mass is 9.94. The van der Waals surface area contributed by atoms with Gasteiger partial charge in [-0.2, -0.15) is 0 Å². The van der Waals surface area contributed by atoms with Gasteiger partial charge in [-0.15, -0.1) is 0 Å². The van der Waals surface area contributed by atoms with E-state index < -0.39 is 11.7 Å². The van der Waals surface area contributed by atoms with Crippen molar-refractivity contribution < 1.29 is 28.5 Å². The SMILES string of the molecule is CCO[C@H]1CCN(Nc2c(OC)cc(C)c3c2ccn3C(=O)OC(C)(C)C)[C@H](c2ccc(C(=O)OC)cc2)C1. The van der Waals surface area contributed by atoms with Crippen molar-refractivity contribution >= 4 is 28.7 Å². The molecule has 4 rings (SSSR count). The first-order chi connectivity index (χ1) is 18.6. The quantitative estimate of drug-likeness (QED) is 0.362. The van der Waals surface area contributed by atoms with Crippen molar-refractivity contribution in [1.29, 1.82) is 0 Å². The van der Waals surface area contributed by atoms with Crippen LogP contribution in [0.4, 0.5) is 10.5 Å². The van der Waals surface area contributed by atoms with Gasteiger partial charge in [-0.3, -0.25) is 4.57 Å². The standard InChI is InChI=1S/C30H39N3O6/c1-8-38-22-13-16-33(24(18-22)20-9-11-21(12-10-20)28(34)37-7)31-26-23-14-15-32(29(35)39-30(3,4)5)27(23)19(2)17-25(26)36-6/h9-12,14-15,17,22,24,31H,8,13,16,18H2,1-7H3/t22-,24-/m0/s1. The van der Waals surface area contributed by atoms with Crippen LogP contribution in [-0.4, -0.2) is 60.7 Å². The highest BCUT2D eigenvalue weighted by atomic mass is 16.6. The molecule has 0 bridgehead atoms. The fourth-order valence-corrected chi connectivity index (χ4v) is 5.12. The Bertz CT molecular complexity index is 1330. The summed E-state index contributed by atoms with van der Waals surface area (Å²) in [5, 5.41) is 3.03. The van der Waals surface area contributed by atoms with E-state index in [2.05, 4.69) is 10.4 Å². The van der Waals surface area contributed by atoms with Gasteiger partial charge < -0.3 is 24.4 Å². The van der Waals surface area contributed by atoms with Crippen LogP contribution in [0, 0.1) is 6.92 Å². The number of hydrogen-bond donors (Lipinski definition) is 1. The van der Waals surface area contributed by atoms with Crippen molar-refractivity contribution in [2.45, 2.75) is 65.2 Å². The lowest BCUT2D eigenvalue weighted by Crippen LogP contribution is -2.43. The van der Waals surface area contributed by atoms with Gasteiger partial charge in [0.05, 0.1) is 37.4 Å². The van der Waals surface area contributed by atoms with Crippen molar-refractivity contribution in [3.63, 3.8) is 0 Å².